The maximum Gasteiger partial charge on any atom is 2.00 e. The van der Waals surface area contributed by atoms with Crippen molar-refractivity contribution in [2.75, 3.05) is 0 Å². The van der Waals surface area contributed by atoms with Gasteiger partial charge in [-0.1, -0.05) is 187 Å². The smallest absolute Gasteiger partial charge is 1.00 e. The summed E-state index contributed by atoms with van der Waals surface area (Å²) in [6.45, 7) is 13.3. The van der Waals surface area contributed by atoms with E-state index in [1.165, 1.54) is 65.2 Å². The summed E-state index contributed by atoms with van der Waals surface area (Å²) in [4.78, 5) is 0. The predicted octanol–water partition coefficient (Wildman–Crippen LogP) is 4.27. The normalized spacial score (nSPS) is 10.4. The van der Waals surface area contributed by atoms with Gasteiger partial charge in [0.25, 0.3) is 0 Å². The average molecular weight is 823 g/mol. The zero-order chi connectivity index (χ0) is 35.3. The predicted molar refractivity (Wildman–Crippen MR) is 227 cm³/mol. The molecule has 0 aliphatic rings. The van der Waals surface area contributed by atoms with E-state index in [4.69, 9.17) is 0 Å². The molecular formula is C48H54Cl2CoP2. The molecule has 53 heavy (non-hydrogen) atoms. The van der Waals surface area contributed by atoms with Crippen LogP contribution in [-0.4, -0.2) is 0 Å². The molecule has 5 heteroatoms. The fourth-order valence-electron chi connectivity index (χ4n) is 6.18. The Balaban J connectivity index is 0.000000347. The minimum absolute atomic E-state index is 0. The molecule has 0 fully saturated rings. The summed E-state index contributed by atoms with van der Waals surface area (Å²) in [5, 5.41) is 8.59. The summed E-state index contributed by atoms with van der Waals surface area (Å²) in [6, 6.07) is 55.3. The molecule has 1 radical (unpaired) electrons. The molecule has 0 aliphatic carbocycles. The molecule has 0 spiro atoms. The second-order valence-corrected chi connectivity index (χ2v) is 17.2. The number of benzene rings is 6. The van der Waals surface area contributed by atoms with Crippen LogP contribution in [-0.2, 0) is 55.3 Å². The molecule has 6 rings (SSSR count). The number of halogens is 2. The minimum atomic E-state index is -0.498. The second kappa shape index (κ2) is 23.9. The summed E-state index contributed by atoms with van der Waals surface area (Å²) in [5.41, 5.74) is 8.42. The monoisotopic (exact) mass is 821 g/mol. The molecule has 0 nitrogen and oxygen atoms in total. The van der Waals surface area contributed by atoms with Crippen molar-refractivity contribution in [1.29, 1.82) is 0 Å². The molecule has 0 N–H and O–H groups in total. The SMILES string of the molecule is CCc1ccc(P(c2ccc(CC)cc2)c2ccc(CC)cc2)cc1.CCc1ccc(P(c2ccc(CC)cc2)c2ccc(CC)cc2)cc1.[Cl-].[Cl-].[Co+2]. The first kappa shape index (κ1) is 46.4. The molecule has 0 aliphatic heterocycles. The van der Waals surface area contributed by atoms with Gasteiger partial charge in [-0.15, -0.1) is 0 Å². The van der Waals surface area contributed by atoms with Crippen molar-refractivity contribution in [3.8, 4) is 0 Å². The number of aryl methyl sites for hydroxylation is 6. The van der Waals surface area contributed by atoms with Gasteiger partial charge < -0.3 is 24.8 Å². The standard InChI is InChI=1S/2C24H27P.2ClH.Co/c2*1-4-19-7-13-22(14-8-19)25(23-15-9-20(5-2)10-16-23)24-17-11-21(6-3)12-18-24;;;/h2*7-18H,4-6H2,1-3H3;2*1H;/q;;;;+2/p-2. The van der Waals surface area contributed by atoms with E-state index in [9.17, 15) is 0 Å². The molecule has 6 aromatic rings. The third-order valence-corrected chi connectivity index (χ3v) is 14.5. The van der Waals surface area contributed by atoms with Gasteiger partial charge in [0.15, 0.2) is 0 Å². The molecule has 0 unspecified atom stereocenters. The summed E-state index contributed by atoms with van der Waals surface area (Å²) in [6.07, 6.45) is 6.55. The van der Waals surface area contributed by atoms with E-state index in [0.29, 0.717) is 0 Å². The van der Waals surface area contributed by atoms with Crippen molar-refractivity contribution in [2.45, 2.75) is 80.1 Å². The van der Waals surface area contributed by atoms with E-state index in [-0.39, 0.29) is 41.6 Å². The van der Waals surface area contributed by atoms with E-state index < -0.39 is 15.8 Å². The Hall–Kier alpha value is -2.73. The van der Waals surface area contributed by atoms with E-state index in [1.807, 2.05) is 0 Å². The second-order valence-electron chi connectivity index (χ2n) is 12.8. The largest absolute Gasteiger partial charge is 2.00 e. The zero-order valence-electron chi connectivity index (χ0n) is 32.1. The molecule has 0 saturated heterocycles. The van der Waals surface area contributed by atoms with Crippen LogP contribution < -0.4 is 56.6 Å². The van der Waals surface area contributed by atoms with Gasteiger partial charge in [-0.05, 0) is 120 Å². The van der Waals surface area contributed by atoms with Gasteiger partial charge in [0.2, 0.25) is 0 Å². The van der Waals surface area contributed by atoms with Crippen LogP contribution in [0.1, 0.15) is 74.9 Å². The number of hydrogen-bond donors (Lipinski definition) is 0. The first-order valence-corrected chi connectivity index (χ1v) is 21.3. The Morgan fingerprint density at radius 2 is 0.358 bits per heavy atom. The van der Waals surface area contributed by atoms with E-state index in [1.54, 1.807) is 0 Å². The Kier molecular flexibility index (Phi) is 21.0. The van der Waals surface area contributed by atoms with Gasteiger partial charge in [0.05, 0.1) is 0 Å². The van der Waals surface area contributed by atoms with Gasteiger partial charge in [0.1, 0.15) is 0 Å². The molecule has 0 saturated carbocycles. The summed E-state index contributed by atoms with van der Waals surface area (Å²) in [7, 11) is -0.996. The van der Waals surface area contributed by atoms with Gasteiger partial charge >= 0.3 is 16.8 Å². The van der Waals surface area contributed by atoms with Crippen molar-refractivity contribution in [3.63, 3.8) is 0 Å². The average Bonchev–Trinajstić information content (AvgIpc) is 3.20. The quantitative estimate of drug-likeness (QED) is 0.162. The number of hydrogen-bond acceptors (Lipinski definition) is 0. The van der Waals surface area contributed by atoms with Crippen molar-refractivity contribution >= 4 is 47.7 Å². The number of rotatable bonds is 12. The Labute approximate surface area is 346 Å². The van der Waals surface area contributed by atoms with E-state index in [0.717, 1.165) is 38.5 Å². The van der Waals surface area contributed by atoms with Crippen LogP contribution in [0.25, 0.3) is 0 Å². The zero-order valence-corrected chi connectivity index (χ0v) is 36.4. The van der Waals surface area contributed by atoms with Crippen LogP contribution in [0.15, 0.2) is 146 Å². The molecule has 279 valence electrons. The van der Waals surface area contributed by atoms with Crippen molar-refractivity contribution in [3.05, 3.63) is 179 Å². The first-order valence-electron chi connectivity index (χ1n) is 18.6. The van der Waals surface area contributed by atoms with Crippen LogP contribution in [0, 0.1) is 0 Å². The van der Waals surface area contributed by atoms with Gasteiger partial charge in [-0.3, -0.25) is 0 Å². The molecule has 6 aromatic carbocycles. The Bertz CT molecular complexity index is 1500. The Morgan fingerprint density at radius 3 is 0.453 bits per heavy atom. The fraction of sp³-hybridized carbons (Fsp3) is 0.250. The van der Waals surface area contributed by atoms with Gasteiger partial charge in [0, 0.05) is 0 Å². The maximum atomic E-state index is 2.33. The summed E-state index contributed by atoms with van der Waals surface area (Å²) in [5.74, 6) is 0. The van der Waals surface area contributed by atoms with E-state index >= 15 is 0 Å². The summed E-state index contributed by atoms with van der Waals surface area (Å²) < 4.78 is 0. The summed E-state index contributed by atoms with van der Waals surface area (Å²) >= 11 is 0. The molecule has 0 bridgehead atoms. The van der Waals surface area contributed by atoms with Crippen LogP contribution >= 0.6 is 15.8 Å². The molecule has 0 aromatic heterocycles. The first-order chi connectivity index (χ1) is 24.5. The minimum Gasteiger partial charge on any atom is -1.00 e. The molecule has 0 amide bonds. The third-order valence-electron chi connectivity index (χ3n) is 9.62. The van der Waals surface area contributed by atoms with Crippen molar-refractivity contribution in [2.24, 2.45) is 0 Å². The molecule has 0 atom stereocenters. The van der Waals surface area contributed by atoms with Gasteiger partial charge in [-0.2, -0.15) is 0 Å². The third kappa shape index (κ3) is 12.7. The molecule has 0 heterocycles. The van der Waals surface area contributed by atoms with E-state index in [2.05, 4.69) is 187 Å². The van der Waals surface area contributed by atoms with Crippen LogP contribution in [0.5, 0.6) is 0 Å². The topological polar surface area (TPSA) is 0 Å². The van der Waals surface area contributed by atoms with Crippen molar-refractivity contribution in [1.82, 2.24) is 0 Å². The fourth-order valence-corrected chi connectivity index (χ4v) is 10.7. The van der Waals surface area contributed by atoms with Crippen LogP contribution in [0.3, 0.4) is 0 Å². The van der Waals surface area contributed by atoms with Crippen LogP contribution in [0.4, 0.5) is 0 Å². The Morgan fingerprint density at radius 1 is 0.245 bits per heavy atom. The van der Waals surface area contributed by atoms with Crippen LogP contribution in [0.2, 0.25) is 0 Å². The molecular weight excluding hydrogens is 768 g/mol. The maximum absolute atomic E-state index is 2.33. The van der Waals surface area contributed by atoms with Gasteiger partial charge in [-0.25, -0.2) is 0 Å². The van der Waals surface area contributed by atoms with Crippen molar-refractivity contribution < 1.29 is 41.6 Å².